The number of hydrogen-bond acceptors (Lipinski definition) is 7. The van der Waals surface area contributed by atoms with Gasteiger partial charge in [-0.05, 0) is 30.3 Å². The molecule has 0 aliphatic rings. The SMILES string of the molecule is O=C(/C=C(\O)CN=Nc1cc(S(=O)(=O)O)ccc1O)Nc1ccccc1. The first-order chi connectivity index (χ1) is 12.3. The van der Waals surface area contributed by atoms with E-state index >= 15 is 0 Å². The predicted molar refractivity (Wildman–Crippen MR) is 93.1 cm³/mol. The normalized spacial score (nSPS) is 12.3. The molecule has 0 spiro atoms. The number of aromatic hydroxyl groups is 1. The number of aliphatic hydroxyl groups is 1. The van der Waals surface area contributed by atoms with Crippen LogP contribution in [0.3, 0.4) is 0 Å². The van der Waals surface area contributed by atoms with E-state index in [-0.39, 0.29) is 18.0 Å². The van der Waals surface area contributed by atoms with E-state index in [0.717, 1.165) is 24.3 Å². The van der Waals surface area contributed by atoms with Gasteiger partial charge in [0.25, 0.3) is 16.0 Å². The first-order valence-electron chi connectivity index (χ1n) is 7.19. The summed E-state index contributed by atoms with van der Waals surface area (Å²) >= 11 is 0. The molecule has 4 N–H and O–H groups in total. The maximum atomic E-state index is 11.7. The molecule has 0 saturated heterocycles. The standard InChI is InChI=1S/C16H15N3O6S/c20-12(8-16(22)18-11-4-2-1-3-5-11)10-17-19-14-9-13(26(23,24)25)6-7-15(14)21/h1-9,20-21H,10H2,(H,18,22)(H,23,24,25)/b12-8-,19-17?. The molecule has 0 unspecified atom stereocenters. The van der Waals surface area contributed by atoms with Crippen molar-refractivity contribution in [2.75, 3.05) is 11.9 Å². The third-order valence-electron chi connectivity index (χ3n) is 2.99. The van der Waals surface area contributed by atoms with E-state index in [1.165, 1.54) is 0 Å². The number of rotatable bonds is 6. The minimum Gasteiger partial charge on any atom is -0.510 e. The van der Waals surface area contributed by atoms with E-state index in [2.05, 4.69) is 15.5 Å². The molecular formula is C16H15N3O6S. The van der Waals surface area contributed by atoms with Gasteiger partial charge in [0.1, 0.15) is 23.7 Å². The summed E-state index contributed by atoms with van der Waals surface area (Å²) in [4.78, 5) is 11.2. The summed E-state index contributed by atoms with van der Waals surface area (Å²) in [6.07, 6.45) is 0.917. The van der Waals surface area contributed by atoms with Crippen molar-refractivity contribution in [3.8, 4) is 5.75 Å². The number of hydrogen-bond donors (Lipinski definition) is 4. The van der Waals surface area contributed by atoms with Gasteiger partial charge in [0.2, 0.25) is 0 Å². The highest BCUT2D eigenvalue weighted by Crippen LogP contribution is 2.29. The Morgan fingerprint density at radius 3 is 2.50 bits per heavy atom. The summed E-state index contributed by atoms with van der Waals surface area (Å²) in [5.74, 6) is -1.33. The quantitative estimate of drug-likeness (QED) is 0.263. The number of benzene rings is 2. The van der Waals surface area contributed by atoms with Crippen molar-refractivity contribution in [2.24, 2.45) is 10.2 Å². The summed E-state index contributed by atoms with van der Waals surface area (Å²) in [6.45, 7) is -0.377. The van der Waals surface area contributed by atoms with Crippen molar-refractivity contribution in [3.05, 3.63) is 60.4 Å². The van der Waals surface area contributed by atoms with Gasteiger partial charge in [-0.3, -0.25) is 9.35 Å². The minimum absolute atomic E-state index is 0.221. The molecule has 9 nitrogen and oxygen atoms in total. The molecule has 1 amide bonds. The molecule has 0 fully saturated rings. The van der Waals surface area contributed by atoms with Crippen molar-refractivity contribution in [2.45, 2.75) is 4.90 Å². The molecule has 2 rings (SSSR count). The zero-order valence-electron chi connectivity index (χ0n) is 13.3. The molecule has 0 radical (unpaired) electrons. The smallest absolute Gasteiger partial charge is 0.294 e. The molecule has 0 bridgehead atoms. The molecule has 0 aliphatic carbocycles. The first-order valence-corrected chi connectivity index (χ1v) is 8.63. The van der Waals surface area contributed by atoms with E-state index in [4.69, 9.17) is 4.55 Å². The van der Waals surface area contributed by atoms with Crippen molar-refractivity contribution in [1.29, 1.82) is 0 Å². The van der Waals surface area contributed by atoms with Crippen LogP contribution in [0.4, 0.5) is 11.4 Å². The van der Waals surface area contributed by atoms with Crippen LogP contribution >= 0.6 is 0 Å². The highest BCUT2D eigenvalue weighted by molar-refractivity contribution is 7.85. The molecule has 0 saturated carbocycles. The molecular weight excluding hydrogens is 362 g/mol. The second-order valence-corrected chi connectivity index (χ2v) is 6.44. The lowest BCUT2D eigenvalue weighted by Crippen LogP contribution is -2.09. The number of phenolic OH excluding ortho intramolecular Hbond substituents is 1. The largest absolute Gasteiger partial charge is 0.510 e. The van der Waals surface area contributed by atoms with Gasteiger partial charge in [-0.2, -0.15) is 18.6 Å². The van der Waals surface area contributed by atoms with Crippen LogP contribution in [0.1, 0.15) is 0 Å². The molecule has 0 aliphatic heterocycles. The highest BCUT2D eigenvalue weighted by atomic mass is 32.2. The van der Waals surface area contributed by atoms with Crippen molar-refractivity contribution in [3.63, 3.8) is 0 Å². The maximum Gasteiger partial charge on any atom is 0.294 e. The maximum absolute atomic E-state index is 11.7. The Balaban J connectivity index is 2.02. The Hall–Kier alpha value is -3.24. The lowest BCUT2D eigenvalue weighted by Gasteiger charge is -2.02. The molecule has 0 aromatic heterocycles. The molecule has 0 heterocycles. The average molecular weight is 377 g/mol. The van der Waals surface area contributed by atoms with Crippen LogP contribution in [0.5, 0.6) is 5.75 Å². The number of phenols is 1. The van der Waals surface area contributed by atoms with Gasteiger partial charge < -0.3 is 15.5 Å². The Labute approximate surface area is 149 Å². The van der Waals surface area contributed by atoms with Gasteiger partial charge in [0.05, 0.1) is 4.90 Å². The number of carbonyl (C=O) groups excluding carboxylic acids is 1. The third kappa shape index (κ3) is 5.69. The summed E-state index contributed by atoms with van der Waals surface area (Å²) in [6, 6.07) is 11.5. The second kappa shape index (κ2) is 8.23. The summed E-state index contributed by atoms with van der Waals surface area (Å²) < 4.78 is 31.1. The molecule has 0 atom stereocenters. The van der Waals surface area contributed by atoms with Crippen LogP contribution < -0.4 is 5.32 Å². The number of nitrogens with one attached hydrogen (secondary N) is 1. The van der Waals surface area contributed by atoms with Crippen LogP contribution in [0.15, 0.2) is 75.5 Å². The van der Waals surface area contributed by atoms with Gasteiger partial charge in [-0.1, -0.05) is 18.2 Å². The van der Waals surface area contributed by atoms with Crippen LogP contribution in [0, 0.1) is 0 Å². The fraction of sp³-hybridized carbons (Fsp3) is 0.0625. The molecule has 10 heteroatoms. The van der Waals surface area contributed by atoms with Crippen LogP contribution in [-0.4, -0.2) is 35.6 Å². The minimum atomic E-state index is -4.46. The Kier molecular flexibility index (Phi) is 6.04. The third-order valence-corrected chi connectivity index (χ3v) is 3.84. The lowest BCUT2D eigenvalue weighted by molar-refractivity contribution is -0.112. The molecule has 2 aromatic rings. The van der Waals surface area contributed by atoms with E-state index in [1.807, 2.05) is 0 Å². The first kappa shape index (κ1) is 19.1. The second-order valence-electron chi connectivity index (χ2n) is 5.02. The molecule has 2 aromatic carbocycles. The van der Waals surface area contributed by atoms with E-state index in [0.29, 0.717) is 5.69 Å². The van der Waals surface area contributed by atoms with Crippen LogP contribution in [0.25, 0.3) is 0 Å². The monoisotopic (exact) mass is 377 g/mol. The van der Waals surface area contributed by atoms with Crippen LogP contribution in [0.2, 0.25) is 0 Å². The number of aliphatic hydroxyl groups excluding tert-OH is 1. The van der Waals surface area contributed by atoms with E-state index in [1.54, 1.807) is 30.3 Å². The topological polar surface area (TPSA) is 149 Å². The fourth-order valence-electron chi connectivity index (χ4n) is 1.82. The fourth-order valence-corrected chi connectivity index (χ4v) is 2.33. The van der Waals surface area contributed by atoms with Crippen molar-refractivity contribution >= 4 is 27.4 Å². The number of azo groups is 1. The lowest BCUT2D eigenvalue weighted by atomic mass is 10.3. The van der Waals surface area contributed by atoms with Gasteiger partial charge in [0.15, 0.2) is 0 Å². The van der Waals surface area contributed by atoms with Gasteiger partial charge >= 0.3 is 0 Å². The molecule has 26 heavy (non-hydrogen) atoms. The predicted octanol–water partition coefficient (Wildman–Crippen LogP) is 2.80. The highest BCUT2D eigenvalue weighted by Gasteiger charge is 2.12. The zero-order valence-corrected chi connectivity index (χ0v) is 14.1. The Bertz CT molecular complexity index is 955. The Morgan fingerprint density at radius 1 is 1.15 bits per heavy atom. The van der Waals surface area contributed by atoms with Crippen LogP contribution in [-0.2, 0) is 14.9 Å². The van der Waals surface area contributed by atoms with Crippen molar-refractivity contribution in [1.82, 2.24) is 0 Å². The van der Waals surface area contributed by atoms with Crippen molar-refractivity contribution < 1.29 is 28.0 Å². The van der Waals surface area contributed by atoms with Gasteiger partial charge in [-0.15, -0.1) is 0 Å². The number of amides is 1. The Morgan fingerprint density at radius 2 is 1.85 bits per heavy atom. The average Bonchev–Trinajstić information content (AvgIpc) is 2.56. The zero-order chi connectivity index (χ0) is 19.2. The van der Waals surface area contributed by atoms with E-state index in [9.17, 15) is 23.4 Å². The summed E-state index contributed by atoms with van der Waals surface area (Å²) in [7, 11) is -4.46. The van der Waals surface area contributed by atoms with E-state index < -0.39 is 26.7 Å². The summed E-state index contributed by atoms with van der Waals surface area (Å²) in [5.41, 5.74) is 0.330. The number of carbonyl (C=O) groups is 1. The van der Waals surface area contributed by atoms with Gasteiger partial charge in [-0.25, -0.2) is 0 Å². The summed E-state index contributed by atoms with van der Waals surface area (Å²) in [5, 5.41) is 29.0. The molecule has 136 valence electrons. The number of para-hydroxylation sites is 1. The number of nitrogens with zero attached hydrogens (tertiary/aromatic N) is 2. The number of anilines is 1. The van der Waals surface area contributed by atoms with Gasteiger partial charge in [0, 0.05) is 11.8 Å².